The summed E-state index contributed by atoms with van der Waals surface area (Å²) in [6.45, 7) is -0.275. The molecule has 124 valence electrons. The number of hydrazone groups is 1. The Hall–Kier alpha value is -2.57. The average molecular weight is 366 g/mol. The molecule has 3 N–H and O–H groups in total. The van der Waals surface area contributed by atoms with Crippen molar-refractivity contribution >= 4 is 41.2 Å². The molecular weight excluding hydrogens is 353 g/mol. The first-order valence-electron chi connectivity index (χ1n) is 6.80. The first-order valence-corrected chi connectivity index (χ1v) is 7.56. The Labute approximate surface area is 148 Å². The lowest BCUT2D eigenvalue weighted by atomic mass is 10.2. The van der Waals surface area contributed by atoms with Crippen molar-refractivity contribution in [3.63, 3.8) is 0 Å². The standard InChI is InChI=1S/C16H13Cl2N3O3/c17-11-5-6-14(22)10(7-11)8-20-21-15(23)9-19-16(24)12-3-1-2-4-13(12)18/h1-8,22H,9H2,(H,19,24)(H,21,23)/b20-8+. The molecule has 0 saturated heterocycles. The Morgan fingerprint density at radius 3 is 2.67 bits per heavy atom. The van der Waals surface area contributed by atoms with Crippen LogP contribution in [0.3, 0.4) is 0 Å². The van der Waals surface area contributed by atoms with Crippen molar-refractivity contribution in [3.8, 4) is 5.75 Å². The molecule has 0 aliphatic carbocycles. The normalized spacial score (nSPS) is 10.6. The van der Waals surface area contributed by atoms with Crippen molar-refractivity contribution in [3.05, 3.63) is 63.6 Å². The van der Waals surface area contributed by atoms with Crippen molar-refractivity contribution in [1.82, 2.24) is 10.7 Å². The third kappa shape index (κ3) is 4.97. The Bertz CT molecular complexity index is 794. The average Bonchev–Trinajstić information content (AvgIpc) is 2.56. The highest BCUT2D eigenvalue weighted by molar-refractivity contribution is 6.33. The van der Waals surface area contributed by atoms with E-state index >= 15 is 0 Å². The smallest absolute Gasteiger partial charge is 0.259 e. The van der Waals surface area contributed by atoms with Gasteiger partial charge in [0.25, 0.3) is 11.8 Å². The predicted octanol–water partition coefficient (Wildman–Crippen LogP) is 2.58. The summed E-state index contributed by atoms with van der Waals surface area (Å²) in [5, 5.41) is 16.4. The van der Waals surface area contributed by atoms with E-state index in [9.17, 15) is 14.7 Å². The molecule has 0 aliphatic rings. The lowest BCUT2D eigenvalue weighted by Gasteiger charge is -2.05. The fraction of sp³-hybridized carbons (Fsp3) is 0.0625. The molecule has 0 unspecified atom stereocenters. The number of carbonyl (C=O) groups is 2. The summed E-state index contributed by atoms with van der Waals surface area (Å²) in [6.07, 6.45) is 1.25. The Kier molecular flexibility index (Phi) is 6.17. The second-order valence-corrected chi connectivity index (χ2v) is 5.50. The van der Waals surface area contributed by atoms with Crippen LogP contribution in [0.1, 0.15) is 15.9 Å². The third-order valence-corrected chi connectivity index (χ3v) is 3.48. The summed E-state index contributed by atoms with van der Waals surface area (Å²) in [4.78, 5) is 23.5. The highest BCUT2D eigenvalue weighted by atomic mass is 35.5. The molecule has 8 heteroatoms. The van der Waals surface area contributed by atoms with Crippen molar-refractivity contribution in [2.75, 3.05) is 6.54 Å². The molecular formula is C16H13Cl2N3O3. The van der Waals surface area contributed by atoms with Crippen LogP contribution in [0, 0.1) is 0 Å². The number of hydrogen-bond donors (Lipinski definition) is 3. The van der Waals surface area contributed by atoms with Gasteiger partial charge in [0.05, 0.1) is 23.3 Å². The molecule has 2 aromatic carbocycles. The fourth-order valence-electron chi connectivity index (χ4n) is 1.74. The van der Waals surface area contributed by atoms with Gasteiger partial charge in [-0.2, -0.15) is 5.10 Å². The van der Waals surface area contributed by atoms with Crippen molar-refractivity contribution in [1.29, 1.82) is 0 Å². The monoisotopic (exact) mass is 365 g/mol. The van der Waals surface area contributed by atoms with Crippen LogP contribution in [0.2, 0.25) is 10.0 Å². The second-order valence-electron chi connectivity index (χ2n) is 4.66. The van der Waals surface area contributed by atoms with Crippen molar-refractivity contribution < 1.29 is 14.7 Å². The highest BCUT2D eigenvalue weighted by Gasteiger charge is 2.10. The molecule has 0 aromatic heterocycles. The van der Waals surface area contributed by atoms with Crippen LogP contribution in [0.15, 0.2) is 47.6 Å². The minimum absolute atomic E-state index is 0.0237. The van der Waals surface area contributed by atoms with E-state index in [0.29, 0.717) is 15.6 Å². The molecule has 0 fully saturated rings. The van der Waals surface area contributed by atoms with Crippen LogP contribution in [-0.4, -0.2) is 29.7 Å². The van der Waals surface area contributed by atoms with Gasteiger partial charge in [0.15, 0.2) is 0 Å². The minimum atomic E-state index is -0.534. The van der Waals surface area contributed by atoms with E-state index in [-0.39, 0.29) is 17.9 Å². The van der Waals surface area contributed by atoms with Crippen LogP contribution < -0.4 is 10.7 Å². The second kappa shape index (κ2) is 8.33. The summed E-state index contributed by atoms with van der Waals surface area (Å²) in [5.41, 5.74) is 2.85. The van der Waals surface area contributed by atoms with Gasteiger partial charge in [0, 0.05) is 10.6 Å². The topological polar surface area (TPSA) is 90.8 Å². The number of phenols is 1. The Morgan fingerprint density at radius 2 is 1.92 bits per heavy atom. The lowest BCUT2D eigenvalue weighted by Crippen LogP contribution is -2.35. The summed E-state index contributed by atoms with van der Waals surface area (Å²) in [5.74, 6) is -1.02. The van der Waals surface area contributed by atoms with Gasteiger partial charge in [-0.3, -0.25) is 9.59 Å². The summed E-state index contributed by atoms with van der Waals surface area (Å²) in [7, 11) is 0. The van der Waals surface area contributed by atoms with E-state index in [1.807, 2.05) is 0 Å². The molecule has 0 aliphatic heterocycles. The van der Waals surface area contributed by atoms with E-state index in [1.54, 1.807) is 24.3 Å². The highest BCUT2D eigenvalue weighted by Crippen LogP contribution is 2.19. The van der Waals surface area contributed by atoms with Gasteiger partial charge in [-0.15, -0.1) is 0 Å². The molecule has 0 spiro atoms. The predicted molar refractivity (Wildman–Crippen MR) is 92.6 cm³/mol. The molecule has 0 heterocycles. The minimum Gasteiger partial charge on any atom is -0.507 e. The number of amides is 2. The molecule has 0 saturated carbocycles. The summed E-state index contributed by atoms with van der Waals surface area (Å²) in [6, 6.07) is 10.9. The molecule has 0 atom stereocenters. The lowest BCUT2D eigenvalue weighted by molar-refractivity contribution is -0.120. The van der Waals surface area contributed by atoms with Crippen LogP contribution in [0.25, 0.3) is 0 Å². The maximum Gasteiger partial charge on any atom is 0.259 e. The number of phenolic OH excluding ortho intramolecular Hbond substituents is 1. The maximum absolute atomic E-state index is 11.9. The number of aromatic hydroxyl groups is 1. The number of rotatable bonds is 5. The fourth-order valence-corrected chi connectivity index (χ4v) is 2.15. The third-order valence-electron chi connectivity index (χ3n) is 2.91. The van der Waals surface area contributed by atoms with E-state index in [4.69, 9.17) is 23.2 Å². The van der Waals surface area contributed by atoms with E-state index in [1.165, 1.54) is 24.4 Å². The van der Waals surface area contributed by atoms with Crippen molar-refractivity contribution in [2.24, 2.45) is 5.10 Å². The Morgan fingerprint density at radius 1 is 1.17 bits per heavy atom. The molecule has 2 amide bonds. The van der Waals surface area contributed by atoms with Gasteiger partial charge in [-0.25, -0.2) is 5.43 Å². The first-order chi connectivity index (χ1) is 11.5. The zero-order chi connectivity index (χ0) is 17.5. The number of carbonyl (C=O) groups excluding carboxylic acids is 2. The zero-order valence-corrected chi connectivity index (χ0v) is 13.8. The number of nitrogens with zero attached hydrogens (tertiary/aromatic N) is 1. The van der Waals surface area contributed by atoms with E-state index < -0.39 is 11.8 Å². The summed E-state index contributed by atoms with van der Waals surface area (Å²) >= 11 is 11.7. The van der Waals surface area contributed by atoms with E-state index in [2.05, 4.69) is 15.8 Å². The first kappa shape index (κ1) is 17.8. The molecule has 24 heavy (non-hydrogen) atoms. The number of halogens is 2. The van der Waals surface area contributed by atoms with Gasteiger partial charge < -0.3 is 10.4 Å². The molecule has 0 bridgehead atoms. The number of benzene rings is 2. The van der Waals surface area contributed by atoms with E-state index in [0.717, 1.165) is 0 Å². The SMILES string of the molecule is O=C(CNC(=O)c1ccccc1Cl)N/N=C/c1cc(Cl)ccc1O. The molecule has 6 nitrogen and oxygen atoms in total. The van der Waals surface area contributed by atoms with Crippen LogP contribution in [-0.2, 0) is 4.79 Å². The quantitative estimate of drug-likeness (QED) is 0.561. The van der Waals surface area contributed by atoms with Crippen LogP contribution in [0.4, 0.5) is 0 Å². The van der Waals surface area contributed by atoms with Gasteiger partial charge in [0.1, 0.15) is 5.75 Å². The maximum atomic E-state index is 11.9. The van der Waals surface area contributed by atoms with Crippen LogP contribution in [0.5, 0.6) is 5.75 Å². The van der Waals surface area contributed by atoms with Gasteiger partial charge in [-0.05, 0) is 30.3 Å². The largest absolute Gasteiger partial charge is 0.507 e. The van der Waals surface area contributed by atoms with Gasteiger partial charge in [0.2, 0.25) is 0 Å². The van der Waals surface area contributed by atoms with Gasteiger partial charge in [-0.1, -0.05) is 35.3 Å². The van der Waals surface area contributed by atoms with Crippen LogP contribution >= 0.6 is 23.2 Å². The molecule has 2 rings (SSSR count). The zero-order valence-electron chi connectivity index (χ0n) is 12.3. The number of nitrogens with one attached hydrogen (secondary N) is 2. The van der Waals surface area contributed by atoms with Crippen molar-refractivity contribution in [2.45, 2.75) is 0 Å². The molecule has 2 aromatic rings. The Balaban J connectivity index is 1.85. The molecule has 0 radical (unpaired) electrons. The summed E-state index contributed by atoms with van der Waals surface area (Å²) < 4.78 is 0. The van der Waals surface area contributed by atoms with Gasteiger partial charge >= 0.3 is 0 Å². The number of hydrogen-bond acceptors (Lipinski definition) is 4.